The summed E-state index contributed by atoms with van der Waals surface area (Å²) in [6.45, 7) is 11.7. The number of rotatable bonds is 12. The van der Waals surface area contributed by atoms with Crippen molar-refractivity contribution in [3.63, 3.8) is 0 Å². The van der Waals surface area contributed by atoms with Crippen molar-refractivity contribution in [2.24, 2.45) is 11.1 Å². The zero-order valence-electron chi connectivity index (χ0n) is 26.2. The minimum atomic E-state index is -3.26. The largest absolute Gasteiger partial charge is 0.412 e. The number of carbonyl (C=O) groups is 4. The van der Waals surface area contributed by atoms with Crippen molar-refractivity contribution in [3.05, 3.63) is 40.4 Å². The summed E-state index contributed by atoms with van der Waals surface area (Å²) in [5.74, 6) is -3.00. The molecule has 44 heavy (non-hydrogen) atoms. The molecular weight excluding hydrogens is 612 g/mol. The van der Waals surface area contributed by atoms with E-state index in [1.54, 1.807) is 65.8 Å². The van der Waals surface area contributed by atoms with Crippen molar-refractivity contribution in [1.29, 1.82) is 0 Å². The van der Waals surface area contributed by atoms with Gasteiger partial charge in [0.25, 0.3) is 5.91 Å². The van der Waals surface area contributed by atoms with Gasteiger partial charge in [0.05, 0.1) is 16.9 Å². The van der Waals surface area contributed by atoms with Gasteiger partial charge in [-0.3, -0.25) is 9.59 Å². The van der Waals surface area contributed by atoms with Crippen molar-refractivity contribution >= 4 is 56.0 Å². The third-order valence-corrected chi connectivity index (χ3v) is 7.76. The number of primary amides is 1. The Labute approximate surface area is 261 Å². The number of nitrogens with zero attached hydrogens (tertiary/aromatic N) is 1. The van der Waals surface area contributed by atoms with Crippen molar-refractivity contribution in [3.8, 4) is 0 Å². The van der Waals surface area contributed by atoms with E-state index in [1.807, 2.05) is 0 Å². The van der Waals surface area contributed by atoms with Crippen LogP contribution in [0.4, 0.5) is 20.4 Å². The Morgan fingerprint density at radius 2 is 1.59 bits per heavy atom. The summed E-state index contributed by atoms with van der Waals surface area (Å²) >= 11 is 1.00. The number of anilines is 2. The molecule has 1 aromatic heterocycles. The number of hydrogen-bond acceptors (Lipinski definition) is 11. The standard InChI is InChI=1S/C28H42N6O8S2/c1-17(35)31-24-32-20(21(43-24)22(36)30-15-16-44(8,39)40)14-11-18-9-12-19(13-10-18)33-28(26(2,3)4,41-23(29)37)42-25(38)34-27(5,6)7/h9-10,12-13,33H,11,14-16H2,1-8H3,(H2,29,37)(H,30,36)(H,34,38)(H,31,32,35). The van der Waals surface area contributed by atoms with E-state index >= 15 is 0 Å². The molecule has 14 nitrogen and oxygen atoms in total. The highest BCUT2D eigenvalue weighted by Gasteiger charge is 2.50. The first-order valence-corrected chi connectivity index (χ1v) is 16.6. The van der Waals surface area contributed by atoms with Crippen LogP contribution < -0.4 is 27.0 Å². The van der Waals surface area contributed by atoms with Gasteiger partial charge in [-0.25, -0.2) is 23.0 Å². The van der Waals surface area contributed by atoms with Crippen LogP contribution in [-0.4, -0.2) is 67.4 Å². The molecule has 0 bridgehead atoms. The summed E-state index contributed by atoms with van der Waals surface area (Å²) in [7, 11) is -3.26. The van der Waals surface area contributed by atoms with Crippen LogP contribution in [0, 0.1) is 5.41 Å². The quantitative estimate of drug-likeness (QED) is 0.211. The first kappa shape index (κ1) is 36.3. The van der Waals surface area contributed by atoms with Gasteiger partial charge in [-0.2, -0.15) is 0 Å². The molecule has 2 aromatic rings. The van der Waals surface area contributed by atoms with Gasteiger partial charge in [0.1, 0.15) is 14.7 Å². The van der Waals surface area contributed by atoms with Gasteiger partial charge < -0.3 is 36.5 Å². The molecular formula is C28H42N6O8S2. The third kappa shape index (κ3) is 11.6. The highest BCUT2D eigenvalue weighted by molar-refractivity contribution is 7.90. The lowest BCUT2D eigenvalue weighted by Crippen LogP contribution is -2.59. The van der Waals surface area contributed by atoms with E-state index in [0.717, 1.165) is 23.2 Å². The molecule has 0 aliphatic rings. The van der Waals surface area contributed by atoms with Gasteiger partial charge in [0.15, 0.2) is 5.13 Å². The second kappa shape index (κ2) is 14.2. The molecule has 4 amide bonds. The normalized spacial score (nSPS) is 13.3. The van der Waals surface area contributed by atoms with Crippen LogP contribution in [0.3, 0.4) is 0 Å². The molecule has 16 heteroatoms. The van der Waals surface area contributed by atoms with Crippen molar-refractivity contribution in [2.45, 2.75) is 72.8 Å². The zero-order chi connectivity index (χ0) is 33.5. The zero-order valence-corrected chi connectivity index (χ0v) is 27.9. The topological polar surface area (TPSA) is 208 Å². The number of aromatic nitrogens is 1. The van der Waals surface area contributed by atoms with Gasteiger partial charge in [-0.1, -0.05) is 44.2 Å². The SMILES string of the molecule is CC(=O)Nc1nc(CCc2ccc(NC(OC(N)=O)(OC(=O)NC(C)(C)C)C(C)(C)C)cc2)c(C(=O)NCCS(C)(=O)=O)s1. The molecule has 0 radical (unpaired) electrons. The lowest BCUT2D eigenvalue weighted by molar-refractivity contribution is -0.202. The molecule has 0 aliphatic heterocycles. The second-order valence-corrected chi connectivity index (χ2v) is 15.5. The van der Waals surface area contributed by atoms with Gasteiger partial charge in [0.2, 0.25) is 5.91 Å². The minimum Gasteiger partial charge on any atom is -0.387 e. The number of thiazole rings is 1. The van der Waals surface area contributed by atoms with Crippen LogP contribution in [0.2, 0.25) is 0 Å². The summed E-state index contributed by atoms with van der Waals surface area (Å²) in [4.78, 5) is 53.6. The van der Waals surface area contributed by atoms with Crippen molar-refractivity contribution in [2.75, 3.05) is 29.2 Å². The number of ether oxygens (including phenoxy) is 2. The lowest BCUT2D eigenvalue weighted by atomic mass is 9.90. The van der Waals surface area contributed by atoms with Crippen molar-refractivity contribution in [1.82, 2.24) is 15.6 Å². The molecule has 1 atom stereocenters. The Bertz CT molecular complexity index is 1460. The van der Waals surface area contributed by atoms with Crippen LogP contribution in [0.1, 0.15) is 69.4 Å². The number of alkyl carbamates (subject to hydrolysis) is 1. The monoisotopic (exact) mass is 654 g/mol. The van der Waals surface area contributed by atoms with E-state index in [-0.39, 0.29) is 28.2 Å². The van der Waals surface area contributed by atoms with Crippen molar-refractivity contribution < 1.29 is 37.1 Å². The number of carbonyl (C=O) groups excluding carboxylic acids is 4. The molecule has 1 heterocycles. The molecule has 0 spiro atoms. The second-order valence-electron chi connectivity index (χ2n) is 12.2. The fraction of sp³-hybridized carbons (Fsp3) is 0.536. The fourth-order valence-electron chi connectivity index (χ4n) is 3.71. The highest BCUT2D eigenvalue weighted by Crippen LogP contribution is 2.37. The van der Waals surface area contributed by atoms with Gasteiger partial charge >= 0.3 is 18.1 Å². The van der Waals surface area contributed by atoms with Gasteiger partial charge in [-0.15, -0.1) is 0 Å². The molecule has 1 unspecified atom stereocenters. The maximum absolute atomic E-state index is 12.8. The summed E-state index contributed by atoms with van der Waals surface area (Å²) in [6.07, 6.45) is -0.0939. The number of sulfone groups is 1. The first-order valence-electron chi connectivity index (χ1n) is 13.7. The number of aryl methyl sites for hydroxylation is 2. The van der Waals surface area contributed by atoms with E-state index in [2.05, 4.69) is 26.3 Å². The number of hydrogen-bond donors (Lipinski definition) is 5. The van der Waals surface area contributed by atoms with E-state index in [1.165, 1.54) is 6.92 Å². The molecule has 6 N–H and O–H groups in total. The number of amides is 4. The smallest absolute Gasteiger partial charge is 0.387 e. The van der Waals surface area contributed by atoms with Crippen LogP contribution >= 0.6 is 11.3 Å². The molecule has 0 aliphatic carbocycles. The number of nitrogens with two attached hydrogens (primary N) is 1. The molecule has 0 saturated heterocycles. The number of nitrogens with one attached hydrogen (secondary N) is 4. The Morgan fingerprint density at radius 3 is 2.09 bits per heavy atom. The predicted molar refractivity (Wildman–Crippen MR) is 168 cm³/mol. The van der Waals surface area contributed by atoms with Gasteiger partial charge in [-0.05, 0) is 51.3 Å². The average molecular weight is 655 g/mol. The van der Waals surface area contributed by atoms with Gasteiger partial charge in [0, 0.05) is 31.0 Å². The fourth-order valence-corrected chi connectivity index (χ4v) is 5.16. The molecule has 1 aromatic carbocycles. The van der Waals surface area contributed by atoms with Crippen LogP contribution in [-0.2, 0) is 36.9 Å². The third-order valence-electron chi connectivity index (χ3n) is 5.80. The van der Waals surface area contributed by atoms with E-state index in [0.29, 0.717) is 24.2 Å². The maximum atomic E-state index is 12.8. The van der Waals surface area contributed by atoms with Crippen LogP contribution in [0.5, 0.6) is 0 Å². The molecule has 0 fully saturated rings. The Morgan fingerprint density at radius 1 is 0.977 bits per heavy atom. The molecule has 2 rings (SSSR count). The first-order chi connectivity index (χ1) is 20.1. The lowest BCUT2D eigenvalue weighted by Gasteiger charge is -2.42. The number of benzene rings is 1. The minimum absolute atomic E-state index is 0.0595. The summed E-state index contributed by atoms with van der Waals surface area (Å²) in [6, 6.07) is 6.99. The Balaban J connectivity index is 2.25. The summed E-state index contributed by atoms with van der Waals surface area (Å²) in [5, 5.41) is 11.1. The Hall–Kier alpha value is -3.92. The highest BCUT2D eigenvalue weighted by atomic mass is 32.2. The summed E-state index contributed by atoms with van der Waals surface area (Å²) in [5.41, 5.74) is 5.53. The summed E-state index contributed by atoms with van der Waals surface area (Å²) < 4.78 is 33.9. The average Bonchev–Trinajstić information content (AvgIpc) is 3.22. The maximum Gasteiger partial charge on any atom is 0.412 e. The van der Waals surface area contributed by atoms with Crippen LogP contribution in [0.25, 0.3) is 0 Å². The molecule has 244 valence electrons. The van der Waals surface area contributed by atoms with Crippen LogP contribution in [0.15, 0.2) is 24.3 Å². The van der Waals surface area contributed by atoms with E-state index < -0.39 is 44.8 Å². The Kier molecular flexibility index (Phi) is 11.7. The van der Waals surface area contributed by atoms with E-state index in [4.69, 9.17) is 15.2 Å². The van der Waals surface area contributed by atoms with E-state index in [9.17, 15) is 27.6 Å². The molecule has 0 saturated carbocycles. The predicted octanol–water partition coefficient (Wildman–Crippen LogP) is 3.39.